The molecule has 0 aromatic carbocycles. The molecule has 1 aliphatic rings. The number of hydrogen-bond donors (Lipinski definition) is 2. The van der Waals surface area contributed by atoms with Crippen LogP contribution < -0.4 is 10.6 Å². The van der Waals surface area contributed by atoms with Gasteiger partial charge in [0.15, 0.2) is 5.96 Å². The third kappa shape index (κ3) is 7.08. The highest BCUT2D eigenvalue weighted by molar-refractivity contribution is 14.0. The Balaban J connectivity index is 0.00000261. The number of nitrogens with one attached hydrogen (secondary N) is 2. The zero-order valence-corrected chi connectivity index (χ0v) is 18.3. The topological polar surface area (TPSA) is 80.0 Å². The molecule has 7 nitrogen and oxygen atoms in total. The Hall–Kier alpha value is -1.71. The molecule has 0 spiro atoms. The molecule has 0 aliphatic heterocycles. The minimum atomic E-state index is 0. The second kappa shape index (κ2) is 11.9. The lowest BCUT2D eigenvalue weighted by atomic mass is 9.96. The molecule has 2 N–H and O–H groups in total. The van der Waals surface area contributed by atoms with Crippen molar-refractivity contribution in [1.82, 2.24) is 30.4 Å². The molecule has 0 radical (unpaired) electrons. The smallest absolute Gasteiger partial charge is 0.191 e. The molecule has 148 valence electrons. The predicted molar refractivity (Wildman–Crippen MR) is 118 cm³/mol. The van der Waals surface area contributed by atoms with E-state index in [1.807, 2.05) is 24.4 Å². The van der Waals surface area contributed by atoms with Gasteiger partial charge < -0.3 is 15.2 Å². The summed E-state index contributed by atoms with van der Waals surface area (Å²) in [5.41, 5.74) is 0.976. The summed E-state index contributed by atoms with van der Waals surface area (Å²) in [7, 11) is 0. The van der Waals surface area contributed by atoms with Gasteiger partial charge in [-0.25, -0.2) is 4.99 Å². The highest BCUT2D eigenvalue weighted by atomic mass is 127. The van der Waals surface area contributed by atoms with Gasteiger partial charge in [-0.3, -0.25) is 4.98 Å². The largest absolute Gasteiger partial charge is 0.355 e. The van der Waals surface area contributed by atoms with E-state index in [9.17, 15) is 0 Å². The van der Waals surface area contributed by atoms with Crippen molar-refractivity contribution in [3.05, 3.63) is 42.2 Å². The lowest BCUT2D eigenvalue weighted by Gasteiger charge is -2.25. The van der Waals surface area contributed by atoms with E-state index in [0.29, 0.717) is 12.6 Å². The average molecular weight is 483 g/mol. The molecule has 2 heterocycles. The quantitative estimate of drug-likeness (QED) is 0.360. The maximum Gasteiger partial charge on any atom is 0.191 e. The molecule has 0 bridgehead atoms. The first-order valence-electron chi connectivity index (χ1n) is 9.66. The molecule has 0 amide bonds. The summed E-state index contributed by atoms with van der Waals surface area (Å²) in [6.45, 7) is 4.28. The fraction of sp³-hybridized carbons (Fsp3) is 0.579. The van der Waals surface area contributed by atoms with Crippen molar-refractivity contribution in [3.8, 4) is 0 Å². The molecule has 1 saturated carbocycles. The third-order valence-electron chi connectivity index (χ3n) is 4.73. The summed E-state index contributed by atoms with van der Waals surface area (Å²) in [5, 5.41) is 15.2. The molecule has 0 atom stereocenters. The maximum atomic E-state index is 4.74. The van der Waals surface area contributed by atoms with Crippen molar-refractivity contribution in [1.29, 1.82) is 0 Å². The number of halogens is 1. The van der Waals surface area contributed by atoms with Gasteiger partial charge in [-0.05, 0) is 25.0 Å². The number of aryl methyl sites for hydroxylation is 1. The van der Waals surface area contributed by atoms with Gasteiger partial charge in [0.2, 0.25) is 0 Å². The standard InChI is InChI=1S/C19H29N7.HI/c1-2-18-25-23-15-26(18)13-12-21-19(24-16-8-4-3-5-9-16)22-14-17-10-6-7-11-20-17;/h6-7,10-11,15-16H,2-5,8-9,12-14H2,1H3,(H2,21,22,24);1H. The fourth-order valence-corrected chi connectivity index (χ4v) is 3.28. The third-order valence-corrected chi connectivity index (χ3v) is 4.73. The Morgan fingerprint density at radius 2 is 2.11 bits per heavy atom. The monoisotopic (exact) mass is 483 g/mol. The summed E-state index contributed by atoms with van der Waals surface area (Å²) < 4.78 is 2.09. The van der Waals surface area contributed by atoms with Crippen LogP contribution in [0.25, 0.3) is 0 Å². The van der Waals surface area contributed by atoms with Gasteiger partial charge in [-0.1, -0.05) is 32.3 Å². The molecule has 0 unspecified atom stereocenters. The molecule has 8 heteroatoms. The molecular formula is C19H30IN7. The number of nitrogens with zero attached hydrogens (tertiary/aromatic N) is 5. The highest BCUT2D eigenvalue weighted by Gasteiger charge is 2.14. The summed E-state index contributed by atoms with van der Waals surface area (Å²) in [4.78, 5) is 9.10. The van der Waals surface area contributed by atoms with E-state index in [1.165, 1.54) is 32.1 Å². The number of aromatic nitrogens is 4. The van der Waals surface area contributed by atoms with Crippen LogP contribution in [0, 0.1) is 0 Å². The SMILES string of the molecule is CCc1nncn1CCNC(=NCc1ccccn1)NC1CCCCC1.I. The normalized spacial score (nSPS) is 15.2. The van der Waals surface area contributed by atoms with E-state index < -0.39 is 0 Å². The van der Waals surface area contributed by atoms with Crippen LogP contribution in [0.3, 0.4) is 0 Å². The van der Waals surface area contributed by atoms with Gasteiger partial charge in [-0.2, -0.15) is 0 Å². The summed E-state index contributed by atoms with van der Waals surface area (Å²) in [5.74, 6) is 1.88. The van der Waals surface area contributed by atoms with E-state index in [-0.39, 0.29) is 24.0 Å². The number of rotatable bonds is 7. The Kier molecular flexibility index (Phi) is 9.51. The molecule has 0 saturated heterocycles. The van der Waals surface area contributed by atoms with Crippen LogP contribution in [-0.2, 0) is 19.5 Å². The zero-order chi connectivity index (χ0) is 18.0. The van der Waals surface area contributed by atoms with Crippen molar-refractivity contribution < 1.29 is 0 Å². The van der Waals surface area contributed by atoms with E-state index in [1.54, 1.807) is 6.33 Å². The fourth-order valence-electron chi connectivity index (χ4n) is 3.28. The van der Waals surface area contributed by atoms with Crippen molar-refractivity contribution in [2.75, 3.05) is 6.54 Å². The Labute approximate surface area is 178 Å². The first kappa shape index (κ1) is 21.6. The van der Waals surface area contributed by atoms with Crippen LogP contribution >= 0.6 is 24.0 Å². The number of guanidine groups is 1. The minimum absolute atomic E-state index is 0. The number of pyridine rings is 1. The van der Waals surface area contributed by atoms with Crippen molar-refractivity contribution >= 4 is 29.9 Å². The number of hydrogen-bond acceptors (Lipinski definition) is 4. The maximum absolute atomic E-state index is 4.74. The Morgan fingerprint density at radius 1 is 1.26 bits per heavy atom. The highest BCUT2D eigenvalue weighted by Crippen LogP contribution is 2.17. The van der Waals surface area contributed by atoms with Crippen LogP contribution in [0.4, 0.5) is 0 Å². The van der Waals surface area contributed by atoms with E-state index in [4.69, 9.17) is 4.99 Å². The van der Waals surface area contributed by atoms with Crippen LogP contribution in [0.15, 0.2) is 35.7 Å². The molecular weight excluding hydrogens is 453 g/mol. The van der Waals surface area contributed by atoms with Gasteiger partial charge in [-0.15, -0.1) is 34.2 Å². The van der Waals surface area contributed by atoms with Crippen LogP contribution in [0.2, 0.25) is 0 Å². The van der Waals surface area contributed by atoms with Gasteiger partial charge >= 0.3 is 0 Å². The van der Waals surface area contributed by atoms with Crippen molar-refractivity contribution in [3.63, 3.8) is 0 Å². The summed E-state index contributed by atoms with van der Waals surface area (Å²) in [6.07, 6.45) is 10.9. The molecule has 1 fully saturated rings. The van der Waals surface area contributed by atoms with Gasteiger partial charge in [0.1, 0.15) is 12.2 Å². The minimum Gasteiger partial charge on any atom is -0.355 e. The zero-order valence-electron chi connectivity index (χ0n) is 16.0. The van der Waals surface area contributed by atoms with Gasteiger partial charge in [0.25, 0.3) is 0 Å². The van der Waals surface area contributed by atoms with Gasteiger partial charge in [0, 0.05) is 31.7 Å². The summed E-state index contributed by atoms with van der Waals surface area (Å²) in [6, 6.07) is 6.45. The lowest BCUT2D eigenvalue weighted by Crippen LogP contribution is -2.45. The molecule has 2 aromatic rings. The molecule has 27 heavy (non-hydrogen) atoms. The molecule has 2 aromatic heterocycles. The lowest BCUT2D eigenvalue weighted by molar-refractivity contribution is 0.409. The average Bonchev–Trinajstić information content (AvgIpc) is 3.15. The Morgan fingerprint density at radius 3 is 2.85 bits per heavy atom. The molecule has 1 aliphatic carbocycles. The first-order chi connectivity index (χ1) is 12.8. The van der Waals surface area contributed by atoms with Crippen LogP contribution in [-0.4, -0.2) is 38.3 Å². The van der Waals surface area contributed by atoms with E-state index >= 15 is 0 Å². The first-order valence-corrected chi connectivity index (χ1v) is 9.66. The Bertz CT molecular complexity index is 680. The van der Waals surface area contributed by atoms with Crippen LogP contribution in [0.1, 0.15) is 50.5 Å². The number of aliphatic imine (C=N–C) groups is 1. The van der Waals surface area contributed by atoms with Crippen molar-refractivity contribution in [2.24, 2.45) is 4.99 Å². The predicted octanol–water partition coefficient (Wildman–Crippen LogP) is 2.92. The summed E-state index contributed by atoms with van der Waals surface area (Å²) >= 11 is 0. The molecule has 3 rings (SSSR count). The van der Waals surface area contributed by atoms with Crippen LogP contribution in [0.5, 0.6) is 0 Å². The van der Waals surface area contributed by atoms with Crippen molar-refractivity contribution in [2.45, 2.75) is 64.6 Å². The van der Waals surface area contributed by atoms with E-state index in [2.05, 4.69) is 37.3 Å². The second-order valence-electron chi connectivity index (χ2n) is 6.69. The van der Waals surface area contributed by atoms with E-state index in [0.717, 1.165) is 37.0 Å². The van der Waals surface area contributed by atoms with Gasteiger partial charge in [0.05, 0.1) is 12.2 Å². The second-order valence-corrected chi connectivity index (χ2v) is 6.69.